The summed E-state index contributed by atoms with van der Waals surface area (Å²) in [5.74, 6) is -0.309. The molecule has 0 atom stereocenters. The molecule has 67 valence electrons. The van der Waals surface area contributed by atoms with E-state index in [9.17, 15) is 4.79 Å². The third kappa shape index (κ3) is 3.11. The van der Waals surface area contributed by atoms with Gasteiger partial charge in [0.25, 0.3) is 0 Å². The van der Waals surface area contributed by atoms with Gasteiger partial charge in [-0.3, -0.25) is 4.79 Å². The maximum atomic E-state index is 10.6. The summed E-state index contributed by atoms with van der Waals surface area (Å²) in [7, 11) is 0. The van der Waals surface area contributed by atoms with Crippen LogP contribution in [-0.4, -0.2) is 5.91 Å². The molecule has 1 rings (SSSR count). The minimum atomic E-state index is -0.309. The minimum absolute atomic E-state index is 0.290. The largest absolute Gasteiger partial charge is 0.369 e. The Labute approximate surface area is 78.1 Å². The molecule has 1 aromatic carbocycles. The summed E-state index contributed by atoms with van der Waals surface area (Å²) >= 11 is 0. The number of hydrogen-bond acceptors (Lipinski definition) is 1. The molecule has 0 fully saturated rings. The highest BCUT2D eigenvalue weighted by molar-refractivity contribution is 5.76. The predicted molar refractivity (Wildman–Crippen MR) is 52.1 cm³/mol. The highest BCUT2D eigenvalue weighted by Crippen LogP contribution is 2.06. The number of hydrogen-bond donors (Lipinski definition) is 1. The van der Waals surface area contributed by atoms with Crippen molar-refractivity contribution < 1.29 is 4.79 Å². The third-order valence-electron chi connectivity index (χ3n) is 1.67. The van der Waals surface area contributed by atoms with E-state index in [2.05, 4.69) is 12.6 Å². The van der Waals surface area contributed by atoms with Crippen LogP contribution in [0.1, 0.15) is 11.1 Å². The molecule has 2 heteroatoms. The van der Waals surface area contributed by atoms with Crippen molar-refractivity contribution in [3.8, 4) is 0 Å². The molecule has 0 aliphatic rings. The van der Waals surface area contributed by atoms with E-state index in [4.69, 9.17) is 5.73 Å². The molecule has 1 amide bonds. The van der Waals surface area contributed by atoms with Crippen LogP contribution in [0.3, 0.4) is 0 Å². The smallest absolute Gasteiger partial charge is 0.221 e. The van der Waals surface area contributed by atoms with Gasteiger partial charge in [-0.2, -0.15) is 0 Å². The van der Waals surface area contributed by atoms with E-state index in [0.717, 1.165) is 17.5 Å². The second-order valence-corrected chi connectivity index (χ2v) is 2.86. The summed E-state index contributed by atoms with van der Waals surface area (Å²) in [6.45, 7) is 3.63. The van der Waals surface area contributed by atoms with Gasteiger partial charge in [-0.25, -0.2) is 0 Å². The lowest BCUT2D eigenvalue weighted by atomic mass is 10.1. The molecule has 0 saturated carbocycles. The van der Waals surface area contributed by atoms with Crippen LogP contribution in [0.5, 0.6) is 0 Å². The molecule has 0 bridgehead atoms. The van der Waals surface area contributed by atoms with Crippen molar-refractivity contribution in [1.29, 1.82) is 0 Å². The predicted octanol–water partition coefficient (Wildman–Crippen LogP) is 1.24. The molecule has 1 aromatic rings. The molecule has 0 aromatic heterocycles. The number of benzene rings is 1. The molecule has 0 spiro atoms. The standard InChI is InChI=1S/C11H12NO/c1-2-4-9-5-3-6-10(7-9)8-11(12)13/h2-3,6-7H,1,4,8H2,(H2,12,13). The van der Waals surface area contributed by atoms with Crippen LogP contribution in [-0.2, 0) is 17.6 Å². The van der Waals surface area contributed by atoms with Gasteiger partial charge in [0.1, 0.15) is 0 Å². The van der Waals surface area contributed by atoms with Gasteiger partial charge in [0.05, 0.1) is 6.42 Å². The molecule has 0 aliphatic carbocycles. The van der Waals surface area contributed by atoms with Crippen LogP contribution in [0.2, 0.25) is 0 Å². The number of primary amides is 1. The Bertz CT molecular complexity index is 318. The monoisotopic (exact) mass is 174 g/mol. The second kappa shape index (κ2) is 4.45. The Morgan fingerprint density at radius 1 is 1.69 bits per heavy atom. The third-order valence-corrected chi connectivity index (χ3v) is 1.67. The summed E-state index contributed by atoms with van der Waals surface area (Å²) < 4.78 is 0. The van der Waals surface area contributed by atoms with E-state index >= 15 is 0 Å². The molecule has 0 heterocycles. The summed E-state index contributed by atoms with van der Waals surface area (Å²) in [6, 6.07) is 8.63. The molecule has 13 heavy (non-hydrogen) atoms. The average molecular weight is 174 g/mol. The van der Waals surface area contributed by atoms with Gasteiger partial charge in [0.15, 0.2) is 0 Å². The van der Waals surface area contributed by atoms with E-state index in [1.165, 1.54) is 0 Å². The van der Waals surface area contributed by atoms with Gasteiger partial charge >= 0.3 is 0 Å². The molecule has 0 saturated heterocycles. The highest BCUT2D eigenvalue weighted by atomic mass is 16.1. The molecule has 2 nitrogen and oxygen atoms in total. The zero-order valence-electron chi connectivity index (χ0n) is 7.42. The number of carbonyl (C=O) groups is 1. The van der Waals surface area contributed by atoms with Crippen molar-refractivity contribution in [3.63, 3.8) is 0 Å². The number of carbonyl (C=O) groups excluding carboxylic acids is 1. The zero-order valence-corrected chi connectivity index (χ0v) is 7.42. The number of rotatable bonds is 4. The van der Waals surface area contributed by atoms with Gasteiger partial charge in [0.2, 0.25) is 5.91 Å². The first-order chi connectivity index (χ1) is 6.22. The van der Waals surface area contributed by atoms with Crippen LogP contribution in [0.15, 0.2) is 30.9 Å². The first-order valence-electron chi connectivity index (χ1n) is 4.11. The van der Waals surface area contributed by atoms with Gasteiger partial charge in [-0.15, -0.1) is 6.58 Å². The SMILES string of the molecule is C=CCc1[c]ccc(CC(N)=O)c1. The van der Waals surface area contributed by atoms with Crippen molar-refractivity contribution in [3.05, 3.63) is 48.0 Å². The molecule has 0 aliphatic heterocycles. The highest BCUT2D eigenvalue weighted by Gasteiger charge is 1.98. The van der Waals surface area contributed by atoms with Gasteiger partial charge < -0.3 is 5.73 Å². The first kappa shape index (κ1) is 9.52. The van der Waals surface area contributed by atoms with E-state index in [1.54, 1.807) is 12.1 Å². The Morgan fingerprint density at radius 2 is 2.46 bits per heavy atom. The average Bonchev–Trinajstić information content (AvgIpc) is 2.04. The van der Waals surface area contributed by atoms with Crippen molar-refractivity contribution in [2.24, 2.45) is 5.73 Å². The lowest BCUT2D eigenvalue weighted by Gasteiger charge is -2.00. The van der Waals surface area contributed by atoms with Crippen LogP contribution in [0.25, 0.3) is 0 Å². The van der Waals surface area contributed by atoms with E-state index in [1.807, 2.05) is 12.1 Å². The summed E-state index contributed by atoms with van der Waals surface area (Å²) in [6.07, 6.45) is 2.87. The van der Waals surface area contributed by atoms with E-state index in [-0.39, 0.29) is 5.91 Å². The molecular weight excluding hydrogens is 162 g/mol. The summed E-state index contributed by atoms with van der Waals surface area (Å²) in [4.78, 5) is 10.6. The van der Waals surface area contributed by atoms with Crippen LogP contribution in [0, 0.1) is 6.07 Å². The Kier molecular flexibility index (Phi) is 3.26. The fraction of sp³-hybridized carbons (Fsp3) is 0.182. The fourth-order valence-corrected chi connectivity index (χ4v) is 1.15. The molecule has 2 N–H and O–H groups in total. The molecular formula is C11H12NO. The van der Waals surface area contributed by atoms with Crippen LogP contribution >= 0.6 is 0 Å². The van der Waals surface area contributed by atoms with Crippen LogP contribution in [0.4, 0.5) is 0 Å². The van der Waals surface area contributed by atoms with Crippen molar-refractivity contribution in [2.45, 2.75) is 12.8 Å². The van der Waals surface area contributed by atoms with Gasteiger partial charge in [0, 0.05) is 0 Å². The van der Waals surface area contributed by atoms with Crippen molar-refractivity contribution in [1.82, 2.24) is 0 Å². The summed E-state index contributed by atoms with van der Waals surface area (Å²) in [5.41, 5.74) is 7.05. The lowest BCUT2D eigenvalue weighted by molar-refractivity contribution is -0.117. The molecule has 1 radical (unpaired) electrons. The number of amides is 1. The van der Waals surface area contributed by atoms with Crippen LogP contribution < -0.4 is 5.73 Å². The number of allylic oxidation sites excluding steroid dienone is 1. The normalized spacial score (nSPS) is 9.54. The maximum absolute atomic E-state index is 10.6. The number of nitrogens with two attached hydrogens (primary N) is 1. The Balaban J connectivity index is 2.78. The Morgan fingerprint density at radius 3 is 3.08 bits per heavy atom. The second-order valence-electron chi connectivity index (χ2n) is 2.86. The van der Waals surface area contributed by atoms with Crippen molar-refractivity contribution in [2.75, 3.05) is 0 Å². The van der Waals surface area contributed by atoms with Gasteiger partial charge in [-0.1, -0.05) is 24.3 Å². The summed E-state index contributed by atoms with van der Waals surface area (Å²) in [5, 5.41) is 0. The zero-order chi connectivity index (χ0) is 9.68. The quantitative estimate of drug-likeness (QED) is 0.686. The fourth-order valence-electron chi connectivity index (χ4n) is 1.15. The first-order valence-corrected chi connectivity index (χ1v) is 4.11. The van der Waals surface area contributed by atoms with Crippen molar-refractivity contribution >= 4 is 5.91 Å². The topological polar surface area (TPSA) is 43.1 Å². The lowest BCUT2D eigenvalue weighted by Crippen LogP contribution is -2.13. The maximum Gasteiger partial charge on any atom is 0.221 e. The molecule has 0 unspecified atom stereocenters. The minimum Gasteiger partial charge on any atom is -0.369 e. The van der Waals surface area contributed by atoms with Gasteiger partial charge in [-0.05, 0) is 23.6 Å². The van der Waals surface area contributed by atoms with E-state index in [0.29, 0.717) is 6.42 Å². The van der Waals surface area contributed by atoms with E-state index < -0.39 is 0 Å². The Hall–Kier alpha value is -1.57.